The predicted molar refractivity (Wildman–Crippen MR) is 103 cm³/mol. The molecule has 4 aliphatic rings. The molecular weight excluding hydrogens is 392 g/mol. The van der Waals surface area contributed by atoms with E-state index in [0.29, 0.717) is 13.2 Å². The fraction of sp³-hybridized carbons (Fsp3) is 0.550. The van der Waals surface area contributed by atoms with Crippen LogP contribution in [0.15, 0.2) is 24.3 Å². The zero-order chi connectivity index (χ0) is 20.7. The molecule has 10 heteroatoms. The monoisotopic (exact) mass is 416 g/mol. The molecule has 1 aromatic rings. The lowest BCUT2D eigenvalue weighted by Crippen LogP contribution is -2.48. The van der Waals surface area contributed by atoms with E-state index >= 15 is 0 Å². The van der Waals surface area contributed by atoms with Crippen molar-refractivity contribution in [3.63, 3.8) is 0 Å². The van der Waals surface area contributed by atoms with E-state index < -0.39 is 18.2 Å². The maximum Gasteiger partial charge on any atom is 0.441 e. The summed E-state index contributed by atoms with van der Waals surface area (Å²) < 4.78 is 16.9. The van der Waals surface area contributed by atoms with E-state index in [-0.39, 0.29) is 18.1 Å². The van der Waals surface area contributed by atoms with Gasteiger partial charge in [-0.25, -0.2) is 9.59 Å². The topological polar surface area (TPSA) is 105 Å². The molecule has 0 amide bonds. The van der Waals surface area contributed by atoms with Crippen LogP contribution in [0.1, 0.15) is 19.3 Å². The summed E-state index contributed by atoms with van der Waals surface area (Å²) in [6.45, 7) is 3.64. The lowest BCUT2D eigenvalue weighted by atomic mass is 10.0. The van der Waals surface area contributed by atoms with Gasteiger partial charge in [0.05, 0.1) is 6.54 Å². The van der Waals surface area contributed by atoms with Crippen molar-refractivity contribution < 1.29 is 28.6 Å². The second-order valence-electron chi connectivity index (χ2n) is 7.90. The van der Waals surface area contributed by atoms with Crippen LogP contribution in [0.2, 0.25) is 0 Å². The zero-order valence-corrected chi connectivity index (χ0v) is 16.5. The molecule has 4 heterocycles. The van der Waals surface area contributed by atoms with Crippen LogP contribution in [-0.4, -0.2) is 83.9 Å². The van der Waals surface area contributed by atoms with E-state index in [0.717, 1.165) is 55.5 Å². The number of likely N-dealkylation sites (tertiary alicyclic amines) is 1. The minimum atomic E-state index is -1.08. The van der Waals surface area contributed by atoms with E-state index in [9.17, 15) is 9.59 Å². The number of nitrogens with zero attached hydrogens (tertiary/aromatic N) is 3. The third-order valence-electron chi connectivity index (χ3n) is 6.02. The van der Waals surface area contributed by atoms with Gasteiger partial charge < -0.3 is 28.8 Å². The first-order valence-electron chi connectivity index (χ1n) is 10.3. The first-order valence-corrected chi connectivity index (χ1v) is 10.3. The highest BCUT2D eigenvalue weighted by Gasteiger charge is 2.48. The van der Waals surface area contributed by atoms with E-state index in [1.54, 1.807) is 0 Å². The highest BCUT2D eigenvalue weighted by Crippen LogP contribution is 2.32. The van der Waals surface area contributed by atoms with Crippen molar-refractivity contribution >= 4 is 17.9 Å². The average Bonchev–Trinajstić information content (AvgIpc) is 3.08. The zero-order valence-electron chi connectivity index (χ0n) is 16.5. The molecule has 3 saturated heterocycles. The number of rotatable bonds is 4. The molecule has 4 aliphatic heterocycles. The number of ether oxygens (including phenoxy) is 3. The van der Waals surface area contributed by atoms with Gasteiger partial charge >= 0.3 is 11.9 Å². The molecule has 0 aliphatic carbocycles. The van der Waals surface area contributed by atoms with Crippen LogP contribution in [-0.2, 0) is 19.2 Å². The average molecular weight is 416 g/mol. The molecule has 3 fully saturated rings. The van der Waals surface area contributed by atoms with Crippen molar-refractivity contribution in [1.29, 1.82) is 5.41 Å². The molecule has 1 N–H and O–H groups in total. The van der Waals surface area contributed by atoms with E-state index in [1.807, 2.05) is 29.2 Å². The Kier molecular flexibility index (Phi) is 4.86. The summed E-state index contributed by atoms with van der Waals surface area (Å²) in [7, 11) is 0. The highest BCUT2D eigenvalue weighted by atomic mass is 16.8. The molecular formula is C20H24N4O6. The Labute approximate surface area is 173 Å². The Morgan fingerprint density at radius 1 is 1.03 bits per heavy atom. The summed E-state index contributed by atoms with van der Waals surface area (Å²) in [5.74, 6) is -0.402. The Bertz CT molecular complexity index is 855. The Balaban J connectivity index is 1.09. The van der Waals surface area contributed by atoms with Crippen LogP contribution >= 0.6 is 0 Å². The van der Waals surface area contributed by atoms with Gasteiger partial charge in [-0.05, 0) is 25.0 Å². The first-order chi connectivity index (χ1) is 14.6. The molecule has 0 radical (unpaired) electrons. The number of esters is 1. The van der Waals surface area contributed by atoms with Crippen molar-refractivity contribution in [3.05, 3.63) is 24.3 Å². The van der Waals surface area contributed by atoms with Gasteiger partial charge in [-0.3, -0.25) is 5.41 Å². The molecule has 0 spiro atoms. The fourth-order valence-electron chi connectivity index (χ4n) is 4.39. The van der Waals surface area contributed by atoms with Crippen LogP contribution in [0.25, 0.3) is 0 Å². The van der Waals surface area contributed by atoms with Crippen molar-refractivity contribution in [3.8, 4) is 11.5 Å². The summed E-state index contributed by atoms with van der Waals surface area (Å²) in [4.78, 5) is 32.0. The number of hydrogen-bond acceptors (Lipinski definition) is 8. The summed E-state index contributed by atoms with van der Waals surface area (Å²) in [6, 6.07) is 7.88. The summed E-state index contributed by atoms with van der Waals surface area (Å²) in [5, 5.41) is 9.38. The molecule has 10 nitrogen and oxygen atoms in total. The predicted octanol–water partition coefficient (Wildman–Crippen LogP) is 0.574. The standard InChI is InChI=1S/C20H24N4O6/c21-20-23(11-17-24(20)30-19(26)18(25)29-17)13-5-8-22(9-6-13)10-7-14-12-27-15-3-1-2-4-16(15)28-14/h1-4,13-14,17,21H,5-12H2. The number of carbonyl (C=O) groups excluding carboxylic acids is 2. The minimum Gasteiger partial charge on any atom is -0.486 e. The number of benzene rings is 1. The van der Waals surface area contributed by atoms with Crippen LogP contribution in [0, 0.1) is 5.41 Å². The third kappa shape index (κ3) is 3.51. The summed E-state index contributed by atoms with van der Waals surface area (Å²) in [5.41, 5.74) is 0. The highest BCUT2D eigenvalue weighted by molar-refractivity contribution is 6.30. The number of carbonyl (C=O) groups is 2. The smallest absolute Gasteiger partial charge is 0.441 e. The van der Waals surface area contributed by atoms with Crippen LogP contribution in [0.4, 0.5) is 0 Å². The van der Waals surface area contributed by atoms with E-state index in [4.69, 9.17) is 24.5 Å². The number of hydrogen-bond donors (Lipinski definition) is 1. The van der Waals surface area contributed by atoms with E-state index in [1.165, 1.54) is 0 Å². The molecule has 2 unspecified atom stereocenters. The number of hydroxylamine groups is 2. The Morgan fingerprint density at radius 3 is 2.60 bits per heavy atom. The van der Waals surface area contributed by atoms with Gasteiger partial charge in [0.15, 0.2) is 11.5 Å². The van der Waals surface area contributed by atoms with Gasteiger partial charge in [-0.2, -0.15) is 0 Å². The SMILES string of the molecule is N=C1N(C2CCN(CCC3COc4ccccc4O3)CC2)CC2OC(=O)C(=O)ON12. The Hall–Kier alpha value is -3.01. The number of fused-ring (bicyclic) bond motifs is 2. The molecule has 0 aromatic heterocycles. The van der Waals surface area contributed by atoms with Gasteiger partial charge in [0.1, 0.15) is 12.7 Å². The maximum atomic E-state index is 11.4. The van der Waals surface area contributed by atoms with Crippen molar-refractivity contribution in [2.45, 2.75) is 37.6 Å². The fourth-order valence-corrected chi connectivity index (χ4v) is 4.39. The summed E-state index contributed by atoms with van der Waals surface area (Å²) in [6.07, 6.45) is 1.97. The van der Waals surface area contributed by atoms with E-state index in [2.05, 4.69) is 4.90 Å². The molecule has 1 aromatic carbocycles. The number of piperidine rings is 1. The van der Waals surface area contributed by atoms with Gasteiger partial charge in [-0.15, -0.1) is 5.06 Å². The lowest BCUT2D eigenvalue weighted by molar-refractivity contribution is -0.233. The van der Waals surface area contributed by atoms with Gasteiger partial charge in [0, 0.05) is 32.1 Å². The minimum absolute atomic E-state index is 0.0460. The lowest BCUT2D eigenvalue weighted by Gasteiger charge is -2.37. The second kappa shape index (κ2) is 7.67. The van der Waals surface area contributed by atoms with Crippen LogP contribution < -0.4 is 9.47 Å². The van der Waals surface area contributed by atoms with Crippen LogP contribution in [0.5, 0.6) is 11.5 Å². The largest absolute Gasteiger partial charge is 0.486 e. The Morgan fingerprint density at radius 2 is 1.80 bits per heavy atom. The quantitative estimate of drug-likeness (QED) is 0.557. The van der Waals surface area contributed by atoms with Gasteiger partial charge in [0.25, 0.3) is 0 Å². The first kappa shape index (κ1) is 19.0. The number of guanidine groups is 1. The molecule has 0 bridgehead atoms. The van der Waals surface area contributed by atoms with Crippen molar-refractivity contribution in [1.82, 2.24) is 14.9 Å². The number of para-hydroxylation sites is 2. The van der Waals surface area contributed by atoms with Gasteiger partial charge in [0.2, 0.25) is 12.2 Å². The molecule has 0 saturated carbocycles. The molecule has 2 atom stereocenters. The normalized spacial score (nSPS) is 27.0. The molecule has 5 rings (SSSR count). The summed E-state index contributed by atoms with van der Waals surface area (Å²) >= 11 is 0. The van der Waals surface area contributed by atoms with Crippen molar-refractivity contribution in [2.24, 2.45) is 0 Å². The molecule has 30 heavy (non-hydrogen) atoms. The second-order valence-corrected chi connectivity index (χ2v) is 7.90. The van der Waals surface area contributed by atoms with Crippen LogP contribution in [0.3, 0.4) is 0 Å². The van der Waals surface area contributed by atoms with Crippen molar-refractivity contribution in [2.75, 3.05) is 32.8 Å². The number of nitrogens with one attached hydrogen (secondary N) is 1. The molecule has 160 valence electrons. The third-order valence-corrected chi connectivity index (χ3v) is 6.02. The van der Waals surface area contributed by atoms with Gasteiger partial charge in [-0.1, -0.05) is 12.1 Å². The maximum absolute atomic E-state index is 11.4.